The predicted molar refractivity (Wildman–Crippen MR) is 161 cm³/mol. The van der Waals surface area contributed by atoms with Gasteiger partial charge in [0.15, 0.2) is 0 Å². The summed E-state index contributed by atoms with van der Waals surface area (Å²) >= 11 is 1.80. The van der Waals surface area contributed by atoms with Gasteiger partial charge in [-0.3, -0.25) is 9.69 Å². The molecule has 1 aromatic heterocycles. The van der Waals surface area contributed by atoms with E-state index in [1.165, 1.54) is 51.6 Å². The summed E-state index contributed by atoms with van der Waals surface area (Å²) < 4.78 is 23.2. The van der Waals surface area contributed by atoms with Gasteiger partial charge in [-0.1, -0.05) is 12.1 Å². The van der Waals surface area contributed by atoms with E-state index < -0.39 is 0 Å². The first-order chi connectivity index (χ1) is 19.6. The molecule has 4 aromatic rings. The molecule has 0 unspecified atom stereocenters. The summed E-state index contributed by atoms with van der Waals surface area (Å²) in [5, 5.41) is 1.21. The molecule has 6 nitrogen and oxygen atoms in total. The zero-order chi connectivity index (χ0) is 27.9. The van der Waals surface area contributed by atoms with Crippen molar-refractivity contribution in [3.63, 3.8) is 0 Å². The molecule has 40 heavy (non-hydrogen) atoms. The third kappa shape index (κ3) is 6.60. The Balaban J connectivity index is 1.41. The SMILES string of the molecule is COC(=O)CCCOc1ccc(-c2sc3ccc(OC)cc3c2Cc2ccc(CN3CCCC3)c(OC)c2)cc1. The third-order valence-electron chi connectivity index (χ3n) is 7.46. The Morgan fingerprint density at radius 1 is 0.900 bits per heavy atom. The largest absolute Gasteiger partial charge is 0.497 e. The zero-order valence-corrected chi connectivity index (χ0v) is 24.4. The van der Waals surface area contributed by atoms with Gasteiger partial charge in [-0.15, -0.1) is 11.3 Å². The van der Waals surface area contributed by atoms with Crippen LogP contribution in [-0.2, 0) is 22.5 Å². The minimum atomic E-state index is -0.216. The van der Waals surface area contributed by atoms with Crippen molar-refractivity contribution >= 4 is 27.4 Å². The molecule has 5 rings (SSSR count). The summed E-state index contributed by atoms with van der Waals surface area (Å²) in [6.45, 7) is 3.73. The fourth-order valence-electron chi connectivity index (χ4n) is 5.29. The van der Waals surface area contributed by atoms with Crippen molar-refractivity contribution in [2.24, 2.45) is 0 Å². The van der Waals surface area contributed by atoms with E-state index >= 15 is 0 Å². The highest BCUT2D eigenvalue weighted by Crippen LogP contribution is 2.42. The lowest BCUT2D eigenvalue weighted by atomic mass is 9.97. The molecule has 0 aliphatic carbocycles. The van der Waals surface area contributed by atoms with Gasteiger partial charge in [0.25, 0.3) is 0 Å². The van der Waals surface area contributed by atoms with Gasteiger partial charge in [0.2, 0.25) is 0 Å². The number of fused-ring (bicyclic) bond motifs is 1. The quantitative estimate of drug-likeness (QED) is 0.136. The van der Waals surface area contributed by atoms with E-state index in [1.807, 2.05) is 18.2 Å². The number of likely N-dealkylation sites (tertiary alicyclic amines) is 1. The number of esters is 1. The van der Waals surface area contributed by atoms with Crippen LogP contribution in [0.25, 0.3) is 20.5 Å². The van der Waals surface area contributed by atoms with Crippen LogP contribution < -0.4 is 14.2 Å². The fraction of sp³-hybridized carbons (Fsp3) is 0.364. The third-order valence-corrected chi connectivity index (χ3v) is 8.72. The van der Waals surface area contributed by atoms with E-state index in [0.717, 1.165) is 48.9 Å². The van der Waals surface area contributed by atoms with Crippen molar-refractivity contribution < 1.29 is 23.7 Å². The molecule has 0 saturated carbocycles. The Labute approximate surface area is 240 Å². The maximum atomic E-state index is 11.3. The number of carbonyl (C=O) groups excluding carboxylic acids is 1. The molecule has 0 N–H and O–H groups in total. The van der Waals surface area contributed by atoms with Gasteiger partial charge in [-0.2, -0.15) is 0 Å². The first-order valence-corrected chi connectivity index (χ1v) is 14.7. The lowest BCUT2D eigenvalue weighted by Gasteiger charge is -2.18. The van der Waals surface area contributed by atoms with Gasteiger partial charge >= 0.3 is 5.97 Å². The van der Waals surface area contributed by atoms with E-state index in [2.05, 4.69) is 47.4 Å². The first-order valence-electron chi connectivity index (χ1n) is 13.9. The van der Waals surface area contributed by atoms with Gasteiger partial charge in [-0.05, 0) is 104 Å². The van der Waals surface area contributed by atoms with E-state index in [0.29, 0.717) is 19.4 Å². The lowest BCUT2D eigenvalue weighted by molar-refractivity contribution is -0.140. The first kappa shape index (κ1) is 28.0. The maximum absolute atomic E-state index is 11.3. The number of carbonyl (C=O) groups is 1. The highest BCUT2D eigenvalue weighted by atomic mass is 32.1. The van der Waals surface area contributed by atoms with Crippen molar-refractivity contribution in [3.05, 3.63) is 77.4 Å². The molecule has 2 heterocycles. The average Bonchev–Trinajstić information content (AvgIpc) is 3.64. The summed E-state index contributed by atoms with van der Waals surface area (Å²) in [6, 6.07) is 21.2. The monoisotopic (exact) mass is 559 g/mol. The number of hydrogen-bond donors (Lipinski definition) is 0. The predicted octanol–water partition coefficient (Wildman–Crippen LogP) is 7.10. The van der Waals surface area contributed by atoms with Gasteiger partial charge < -0.3 is 18.9 Å². The molecule has 3 aromatic carbocycles. The standard InChI is InChI=1S/C33H37NO5S/c1-36-27-14-15-31-28(21-27)29(19-23-8-9-25(30(20-23)37-2)22-34-16-4-5-17-34)33(40-31)24-10-12-26(13-11-24)39-18-6-7-32(35)38-3/h8-15,20-21H,4-7,16-19,22H2,1-3H3. The fourth-order valence-corrected chi connectivity index (χ4v) is 6.50. The highest BCUT2D eigenvalue weighted by Gasteiger charge is 2.18. The average molecular weight is 560 g/mol. The molecule has 0 bridgehead atoms. The molecule has 0 atom stereocenters. The Morgan fingerprint density at radius 2 is 1.68 bits per heavy atom. The van der Waals surface area contributed by atoms with Crippen molar-refractivity contribution in [1.82, 2.24) is 4.90 Å². The smallest absolute Gasteiger partial charge is 0.305 e. The molecule has 7 heteroatoms. The van der Waals surface area contributed by atoms with E-state index in [1.54, 1.807) is 25.6 Å². The number of ether oxygens (including phenoxy) is 4. The van der Waals surface area contributed by atoms with Gasteiger partial charge in [0.05, 0.1) is 27.9 Å². The molecule has 0 spiro atoms. The van der Waals surface area contributed by atoms with Crippen LogP contribution in [0.2, 0.25) is 0 Å². The molecule has 210 valence electrons. The van der Waals surface area contributed by atoms with Crippen molar-refractivity contribution in [1.29, 1.82) is 0 Å². The number of thiophene rings is 1. The zero-order valence-electron chi connectivity index (χ0n) is 23.5. The normalized spacial score (nSPS) is 13.5. The molecule has 0 amide bonds. The minimum absolute atomic E-state index is 0.216. The second-order valence-corrected chi connectivity index (χ2v) is 11.2. The van der Waals surface area contributed by atoms with Crippen LogP contribution >= 0.6 is 11.3 Å². The van der Waals surface area contributed by atoms with Crippen LogP contribution in [0.5, 0.6) is 17.2 Å². The molecule has 1 saturated heterocycles. The number of rotatable bonds is 12. The van der Waals surface area contributed by atoms with Gasteiger partial charge in [0, 0.05) is 33.5 Å². The molecule has 1 aliphatic heterocycles. The van der Waals surface area contributed by atoms with Crippen molar-refractivity contribution in [2.45, 2.75) is 38.6 Å². The van der Waals surface area contributed by atoms with Crippen molar-refractivity contribution in [3.8, 4) is 27.7 Å². The number of benzene rings is 3. The van der Waals surface area contributed by atoms with Crippen LogP contribution in [0.15, 0.2) is 60.7 Å². The number of methoxy groups -OCH3 is 3. The van der Waals surface area contributed by atoms with Crippen LogP contribution in [0.3, 0.4) is 0 Å². The van der Waals surface area contributed by atoms with Gasteiger partial charge in [-0.25, -0.2) is 0 Å². The topological polar surface area (TPSA) is 57.2 Å². The second-order valence-electron chi connectivity index (χ2n) is 10.1. The molecular formula is C33H37NO5S. The maximum Gasteiger partial charge on any atom is 0.305 e. The Morgan fingerprint density at radius 3 is 2.40 bits per heavy atom. The lowest BCUT2D eigenvalue weighted by Crippen LogP contribution is -2.18. The van der Waals surface area contributed by atoms with E-state index in [4.69, 9.17) is 18.9 Å². The second kappa shape index (κ2) is 13.2. The van der Waals surface area contributed by atoms with Crippen LogP contribution in [0.1, 0.15) is 42.4 Å². The summed E-state index contributed by atoms with van der Waals surface area (Å²) in [5.41, 5.74) is 4.89. The van der Waals surface area contributed by atoms with Gasteiger partial charge in [0.1, 0.15) is 17.2 Å². The Kier molecular flexibility index (Phi) is 9.24. The summed E-state index contributed by atoms with van der Waals surface area (Å²) in [4.78, 5) is 15.1. The number of hydrogen-bond acceptors (Lipinski definition) is 7. The van der Waals surface area contributed by atoms with Crippen LogP contribution in [0.4, 0.5) is 0 Å². The summed E-state index contributed by atoms with van der Waals surface area (Å²) in [6.07, 6.45) is 4.32. The summed E-state index contributed by atoms with van der Waals surface area (Å²) in [7, 11) is 4.88. The highest BCUT2D eigenvalue weighted by molar-refractivity contribution is 7.22. The minimum Gasteiger partial charge on any atom is -0.497 e. The molecular weight excluding hydrogens is 522 g/mol. The van der Waals surface area contributed by atoms with E-state index in [9.17, 15) is 4.79 Å². The Bertz CT molecular complexity index is 1440. The summed E-state index contributed by atoms with van der Waals surface area (Å²) in [5.74, 6) is 2.38. The molecule has 0 radical (unpaired) electrons. The molecule has 1 aliphatic rings. The van der Waals surface area contributed by atoms with Crippen LogP contribution in [-0.4, -0.2) is 51.9 Å². The van der Waals surface area contributed by atoms with E-state index in [-0.39, 0.29) is 5.97 Å². The van der Waals surface area contributed by atoms with Crippen LogP contribution in [0, 0.1) is 0 Å². The van der Waals surface area contributed by atoms with Crippen molar-refractivity contribution in [2.75, 3.05) is 41.0 Å². The Hall–Kier alpha value is -3.55. The molecule has 1 fully saturated rings. The number of nitrogens with zero attached hydrogens (tertiary/aromatic N) is 1.